The summed E-state index contributed by atoms with van der Waals surface area (Å²) in [5, 5.41) is 13.3. The second-order valence-electron chi connectivity index (χ2n) is 3.87. The molecule has 2 rings (SSSR count). The summed E-state index contributed by atoms with van der Waals surface area (Å²) >= 11 is 1.32. The van der Waals surface area contributed by atoms with Crippen LogP contribution in [0.4, 0.5) is 10.8 Å². The van der Waals surface area contributed by atoms with Gasteiger partial charge in [0.1, 0.15) is 10.8 Å². The van der Waals surface area contributed by atoms with Crippen molar-refractivity contribution in [2.45, 2.75) is 13.0 Å². The van der Waals surface area contributed by atoms with E-state index < -0.39 is 6.10 Å². The molecule has 0 fully saturated rings. The van der Waals surface area contributed by atoms with Crippen LogP contribution in [0.3, 0.4) is 0 Å². The number of nitrogens with zero attached hydrogens (tertiary/aromatic N) is 1. The molecule has 0 aliphatic carbocycles. The van der Waals surface area contributed by atoms with Gasteiger partial charge in [0.25, 0.3) is 0 Å². The highest BCUT2D eigenvalue weighted by molar-refractivity contribution is 7.11. The number of rotatable bonds is 4. The van der Waals surface area contributed by atoms with Gasteiger partial charge in [0.05, 0.1) is 11.7 Å². The van der Waals surface area contributed by atoms with Gasteiger partial charge in [-0.3, -0.25) is 0 Å². The molecule has 4 N–H and O–H groups in total. The van der Waals surface area contributed by atoms with Gasteiger partial charge in [-0.15, -0.1) is 0 Å². The number of hydrogen-bond acceptors (Lipinski definition) is 5. The fourth-order valence-electron chi connectivity index (χ4n) is 1.55. The van der Waals surface area contributed by atoms with Crippen LogP contribution in [-0.4, -0.2) is 22.1 Å². The van der Waals surface area contributed by atoms with Crippen molar-refractivity contribution in [1.82, 2.24) is 4.37 Å². The van der Waals surface area contributed by atoms with Crippen LogP contribution >= 0.6 is 11.5 Å². The first-order valence-electron chi connectivity index (χ1n) is 5.41. The topological polar surface area (TPSA) is 71.2 Å². The highest BCUT2D eigenvalue weighted by Crippen LogP contribution is 2.36. The number of anilines is 2. The van der Waals surface area contributed by atoms with E-state index in [-0.39, 0.29) is 0 Å². The molecule has 0 saturated carbocycles. The maximum atomic E-state index is 9.27. The Labute approximate surface area is 104 Å². The van der Waals surface area contributed by atoms with E-state index >= 15 is 0 Å². The monoisotopic (exact) mass is 249 g/mol. The predicted molar refractivity (Wildman–Crippen MR) is 72.1 cm³/mol. The molecule has 0 bridgehead atoms. The summed E-state index contributed by atoms with van der Waals surface area (Å²) in [6, 6.07) is 9.87. The lowest BCUT2D eigenvalue weighted by Gasteiger charge is -2.08. The molecule has 5 heteroatoms. The van der Waals surface area contributed by atoms with Gasteiger partial charge in [0, 0.05) is 6.54 Å². The zero-order chi connectivity index (χ0) is 12.3. The zero-order valence-corrected chi connectivity index (χ0v) is 10.4. The van der Waals surface area contributed by atoms with Gasteiger partial charge >= 0.3 is 0 Å². The summed E-state index contributed by atoms with van der Waals surface area (Å²) in [6.45, 7) is 2.22. The molecule has 1 aromatic carbocycles. The Morgan fingerprint density at radius 1 is 1.41 bits per heavy atom. The molecule has 1 heterocycles. The molecule has 0 radical (unpaired) electrons. The van der Waals surface area contributed by atoms with Gasteiger partial charge in [0.15, 0.2) is 0 Å². The Bertz CT molecular complexity index is 482. The lowest BCUT2D eigenvalue weighted by atomic mass is 10.1. The molecule has 90 valence electrons. The Morgan fingerprint density at radius 2 is 2.12 bits per heavy atom. The molecule has 0 aliphatic heterocycles. The highest BCUT2D eigenvalue weighted by atomic mass is 32.1. The third kappa shape index (κ3) is 2.75. The van der Waals surface area contributed by atoms with Crippen molar-refractivity contribution in [1.29, 1.82) is 0 Å². The van der Waals surface area contributed by atoms with Gasteiger partial charge in [-0.1, -0.05) is 30.3 Å². The van der Waals surface area contributed by atoms with Crippen molar-refractivity contribution < 1.29 is 5.11 Å². The maximum Gasteiger partial charge on any atom is 0.147 e. The van der Waals surface area contributed by atoms with Crippen LogP contribution in [0, 0.1) is 0 Å². The van der Waals surface area contributed by atoms with Crippen molar-refractivity contribution in [2.24, 2.45) is 0 Å². The summed E-state index contributed by atoms with van der Waals surface area (Å²) in [7, 11) is 0. The fraction of sp³-hybridized carbons (Fsp3) is 0.250. The third-order valence-electron chi connectivity index (χ3n) is 2.34. The Balaban J connectivity index is 2.30. The minimum absolute atomic E-state index is 0.401. The number of aromatic nitrogens is 1. The van der Waals surface area contributed by atoms with E-state index in [1.165, 1.54) is 11.5 Å². The lowest BCUT2D eigenvalue weighted by molar-refractivity contribution is 0.208. The molecular weight excluding hydrogens is 234 g/mol. The number of aliphatic hydroxyl groups is 1. The number of aliphatic hydroxyl groups excluding tert-OH is 1. The number of nitrogens with two attached hydrogens (primary N) is 1. The van der Waals surface area contributed by atoms with Crippen molar-refractivity contribution in [3.63, 3.8) is 0 Å². The lowest BCUT2D eigenvalue weighted by Crippen LogP contribution is -2.15. The zero-order valence-electron chi connectivity index (χ0n) is 9.55. The summed E-state index contributed by atoms with van der Waals surface area (Å²) < 4.78 is 4.15. The second-order valence-corrected chi connectivity index (χ2v) is 4.64. The molecule has 0 aliphatic rings. The van der Waals surface area contributed by atoms with Crippen LogP contribution in [0.25, 0.3) is 11.1 Å². The summed E-state index contributed by atoms with van der Waals surface area (Å²) in [5.41, 5.74) is 7.82. The van der Waals surface area contributed by atoms with Crippen molar-refractivity contribution in [3.05, 3.63) is 30.3 Å². The minimum Gasteiger partial charge on any atom is -0.392 e. The van der Waals surface area contributed by atoms with Crippen molar-refractivity contribution >= 4 is 22.4 Å². The fourth-order valence-corrected chi connectivity index (χ4v) is 2.29. The molecule has 1 aromatic heterocycles. The minimum atomic E-state index is -0.401. The number of hydrogen-bond donors (Lipinski definition) is 3. The molecule has 1 unspecified atom stereocenters. The average Bonchev–Trinajstić information content (AvgIpc) is 2.69. The first-order chi connectivity index (χ1) is 8.18. The maximum absolute atomic E-state index is 9.27. The molecule has 0 amide bonds. The summed E-state index contributed by atoms with van der Waals surface area (Å²) in [4.78, 5) is 0. The average molecular weight is 249 g/mol. The Morgan fingerprint density at radius 3 is 2.76 bits per heavy atom. The van der Waals surface area contributed by atoms with Crippen LogP contribution in [0.5, 0.6) is 0 Å². The van der Waals surface area contributed by atoms with Gasteiger partial charge in [-0.05, 0) is 24.0 Å². The normalized spacial score (nSPS) is 12.4. The van der Waals surface area contributed by atoms with Crippen LogP contribution in [-0.2, 0) is 0 Å². The molecule has 1 atom stereocenters. The van der Waals surface area contributed by atoms with Crippen molar-refractivity contribution in [3.8, 4) is 11.1 Å². The van der Waals surface area contributed by atoms with E-state index in [9.17, 15) is 5.11 Å². The van der Waals surface area contributed by atoms with E-state index in [0.29, 0.717) is 12.4 Å². The van der Waals surface area contributed by atoms with E-state index in [2.05, 4.69) is 9.69 Å². The molecule has 17 heavy (non-hydrogen) atoms. The van der Waals surface area contributed by atoms with Gasteiger partial charge in [0.2, 0.25) is 0 Å². The first kappa shape index (κ1) is 11.9. The number of nitrogens with one attached hydrogen (secondary N) is 1. The van der Waals surface area contributed by atoms with Crippen LogP contribution in [0.1, 0.15) is 6.92 Å². The Hall–Kier alpha value is -1.59. The standard InChI is InChI=1S/C12H15N3OS/c1-8(16)7-14-12-10(11(13)15-17-12)9-5-3-2-4-6-9/h2-6,8,14,16H,7H2,1H3,(H2,13,15). The summed E-state index contributed by atoms with van der Waals surface area (Å²) in [5.74, 6) is 0.522. The molecule has 2 aromatic rings. The van der Waals surface area contributed by atoms with Gasteiger partial charge in [-0.25, -0.2) is 0 Å². The molecule has 0 spiro atoms. The largest absolute Gasteiger partial charge is 0.392 e. The number of nitrogen functional groups attached to an aromatic ring is 1. The second kappa shape index (κ2) is 5.16. The molecule has 0 saturated heterocycles. The summed E-state index contributed by atoms with van der Waals surface area (Å²) in [6.07, 6.45) is -0.401. The van der Waals surface area contributed by atoms with Crippen molar-refractivity contribution in [2.75, 3.05) is 17.6 Å². The van der Waals surface area contributed by atoms with Crippen LogP contribution in [0.15, 0.2) is 30.3 Å². The van der Waals surface area contributed by atoms with Crippen LogP contribution in [0.2, 0.25) is 0 Å². The molecular formula is C12H15N3OS. The van der Waals surface area contributed by atoms with Crippen LogP contribution < -0.4 is 11.1 Å². The Kier molecular flexibility index (Phi) is 3.61. The number of benzene rings is 1. The SMILES string of the molecule is CC(O)CNc1snc(N)c1-c1ccccc1. The first-order valence-corrected chi connectivity index (χ1v) is 6.18. The molecule has 4 nitrogen and oxygen atoms in total. The van der Waals surface area contributed by atoms with Gasteiger partial charge in [-0.2, -0.15) is 4.37 Å². The predicted octanol–water partition coefficient (Wildman–Crippen LogP) is 2.18. The smallest absolute Gasteiger partial charge is 0.147 e. The highest BCUT2D eigenvalue weighted by Gasteiger charge is 2.13. The van der Waals surface area contributed by atoms with E-state index in [4.69, 9.17) is 5.73 Å². The van der Waals surface area contributed by atoms with E-state index in [0.717, 1.165) is 16.1 Å². The van der Waals surface area contributed by atoms with E-state index in [1.54, 1.807) is 6.92 Å². The van der Waals surface area contributed by atoms with Gasteiger partial charge < -0.3 is 16.2 Å². The van der Waals surface area contributed by atoms with E-state index in [1.807, 2.05) is 30.3 Å². The quantitative estimate of drug-likeness (QED) is 0.776. The third-order valence-corrected chi connectivity index (χ3v) is 3.16.